The Bertz CT molecular complexity index is 423. The van der Waals surface area contributed by atoms with Gasteiger partial charge in [0.2, 0.25) is 0 Å². The Morgan fingerprint density at radius 2 is 1.94 bits per heavy atom. The number of hydrogen-bond acceptors (Lipinski definition) is 1. The van der Waals surface area contributed by atoms with Crippen molar-refractivity contribution in [1.82, 2.24) is 9.55 Å². The van der Waals surface area contributed by atoms with E-state index in [1.165, 1.54) is 5.56 Å². The third kappa shape index (κ3) is 2.64. The van der Waals surface area contributed by atoms with Gasteiger partial charge in [0, 0.05) is 30.4 Å². The lowest BCUT2D eigenvalue weighted by atomic mass is 10.2. The number of halogens is 1. The van der Waals surface area contributed by atoms with E-state index in [0.717, 1.165) is 31.1 Å². The van der Waals surface area contributed by atoms with Crippen LogP contribution in [0.25, 0.3) is 11.4 Å². The molecule has 0 saturated heterocycles. The molecule has 0 unspecified atom stereocenters. The van der Waals surface area contributed by atoms with Gasteiger partial charge in [-0.05, 0) is 12.8 Å². The molecule has 0 bridgehead atoms. The lowest BCUT2D eigenvalue weighted by Gasteiger charge is -2.06. The molecule has 1 heterocycles. The van der Waals surface area contributed by atoms with Crippen molar-refractivity contribution in [2.75, 3.05) is 5.88 Å². The second kappa shape index (κ2) is 5.71. The average molecular weight is 235 g/mol. The molecule has 2 rings (SSSR count). The summed E-state index contributed by atoms with van der Waals surface area (Å²) in [7, 11) is 0. The van der Waals surface area contributed by atoms with Gasteiger partial charge in [-0.15, -0.1) is 11.6 Å². The first-order chi connectivity index (χ1) is 7.92. The van der Waals surface area contributed by atoms with Crippen molar-refractivity contribution in [1.29, 1.82) is 0 Å². The van der Waals surface area contributed by atoms with Gasteiger partial charge in [-0.2, -0.15) is 0 Å². The first-order valence-electron chi connectivity index (χ1n) is 5.54. The number of imidazole rings is 1. The summed E-state index contributed by atoms with van der Waals surface area (Å²) < 4.78 is 2.18. The molecule has 2 nitrogen and oxygen atoms in total. The molecule has 0 aliphatic rings. The van der Waals surface area contributed by atoms with Gasteiger partial charge < -0.3 is 4.57 Å². The van der Waals surface area contributed by atoms with E-state index in [4.69, 9.17) is 11.6 Å². The van der Waals surface area contributed by atoms with E-state index >= 15 is 0 Å². The molecular weight excluding hydrogens is 220 g/mol. The summed E-state index contributed by atoms with van der Waals surface area (Å²) in [5.41, 5.74) is 1.17. The normalized spacial score (nSPS) is 10.6. The molecule has 2 aromatic rings. The standard InChI is InChI=1S/C13H15ClN2/c14-8-4-5-10-16-11-9-15-13(16)12-6-2-1-3-7-12/h1-3,6-7,9,11H,4-5,8,10H2. The second-order valence-corrected chi connectivity index (χ2v) is 4.08. The fourth-order valence-electron chi connectivity index (χ4n) is 1.71. The highest BCUT2D eigenvalue weighted by Gasteiger charge is 2.04. The summed E-state index contributed by atoms with van der Waals surface area (Å²) in [5.74, 6) is 1.77. The third-order valence-corrected chi connectivity index (χ3v) is 2.80. The number of hydrogen-bond donors (Lipinski definition) is 0. The Morgan fingerprint density at radius 1 is 1.12 bits per heavy atom. The van der Waals surface area contributed by atoms with Crippen LogP contribution in [0.4, 0.5) is 0 Å². The Morgan fingerprint density at radius 3 is 2.69 bits per heavy atom. The zero-order valence-electron chi connectivity index (χ0n) is 9.14. The topological polar surface area (TPSA) is 17.8 Å². The minimum Gasteiger partial charge on any atom is -0.331 e. The largest absolute Gasteiger partial charge is 0.331 e. The molecule has 0 amide bonds. The average Bonchev–Trinajstić information content (AvgIpc) is 2.79. The molecule has 0 aliphatic heterocycles. The van der Waals surface area contributed by atoms with E-state index in [0.29, 0.717) is 0 Å². The Kier molecular flexibility index (Phi) is 4.00. The number of aromatic nitrogens is 2. The minimum absolute atomic E-state index is 0.732. The smallest absolute Gasteiger partial charge is 0.139 e. The summed E-state index contributed by atoms with van der Waals surface area (Å²) in [5, 5.41) is 0. The Labute approximate surface area is 101 Å². The molecule has 3 heteroatoms. The minimum atomic E-state index is 0.732. The number of benzene rings is 1. The quantitative estimate of drug-likeness (QED) is 0.571. The maximum atomic E-state index is 5.67. The first kappa shape index (κ1) is 11.2. The fourth-order valence-corrected chi connectivity index (χ4v) is 1.90. The van der Waals surface area contributed by atoms with Crippen molar-refractivity contribution >= 4 is 11.6 Å². The van der Waals surface area contributed by atoms with Crippen LogP contribution < -0.4 is 0 Å². The van der Waals surface area contributed by atoms with Crippen LogP contribution in [0.5, 0.6) is 0 Å². The van der Waals surface area contributed by atoms with Crippen molar-refractivity contribution < 1.29 is 0 Å². The van der Waals surface area contributed by atoms with Gasteiger partial charge in [0.05, 0.1) is 0 Å². The summed E-state index contributed by atoms with van der Waals surface area (Å²) in [4.78, 5) is 4.40. The molecule has 16 heavy (non-hydrogen) atoms. The maximum Gasteiger partial charge on any atom is 0.139 e. The summed E-state index contributed by atoms with van der Waals surface area (Å²) in [6, 6.07) is 10.3. The number of nitrogens with zero attached hydrogens (tertiary/aromatic N) is 2. The molecule has 0 saturated carbocycles. The van der Waals surface area contributed by atoms with Crippen LogP contribution in [0.2, 0.25) is 0 Å². The number of unbranched alkanes of at least 4 members (excludes halogenated alkanes) is 1. The summed E-state index contributed by atoms with van der Waals surface area (Å²) >= 11 is 5.67. The molecule has 0 atom stereocenters. The number of alkyl halides is 1. The molecule has 0 spiro atoms. The SMILES string of the molecule is ClCCCCn1ccnc1-c1ccccc1. The van der Waals surface area contributed by atoms with E-state index in [1.807, 2.05) is 30.6 Å². The second-order valence-electron chi connectivity index (χ2n) is 3.71. The molecule has 1 aromatic heterocycles. The van der Waals surface area contributed by atoms with E-state index in [2.05, 4.69) is 21.7 Å². The molecule has 0 fully saturated rings. The van der Waals surface area contributed by atoms with Crippen LogP contribution in [0, 0.1) is 0 Å². The molecule has 1 aromatic carbocycles. The molecule has 84 valence electrons. The number of aryl methyl sites for hydroxylation is 1. The van der Waals surface area contributed by atoms with Gasteiger partial charge in [-0.25, -0.2) is 4.98 Å². The van der Waals surface area contributed by atoms with E-state index in [9.17, 15) is 0 Å². The summed E-state index contributed by atoms with van der Waals surface area (Å²) in [6.45, 7) is 0.983. The van der Waals surface area contributed by atoms with Crippen LogP contribution in [0.15, 0.2) is 42.7 Å². The van der Waals surface area contributed by atoms with Gasteiger partial charge in [-0.1, -0.05) is 30.3 Å². The predicted molar refractivity (Wildman–Crippen MR) is 67.6 cm³/mol. The fraction of sp³-hybridized carbons (Fsp3) is 0.308. The molecule has 0 aliphatic carbocycles. The predicted octanol–water partition coefficient (Wildman–Crippen LogP) is 3.57. The van der Waals surface area contributed by atoms with Crippen LogP contribution in [-0.4, -0.2) is 15.4 Å². The Hall–Kier alpha value is -1.28. The highest BCUT2D eigenvalue weighted by atomic mass is 35.5. The molecule has 0 radical (unpaired) electrons. The van der Waals surface area contributed by atoms with Crippen LogP contribution in [0.3, 0.4) is 0 Å². The lowest BCUT2D eigenvalue weighted by molar-refractivity contribution is 0.639. The van der Waals surface area contributed by atoms with Crippen molar-refractivity contribution in [2.24, 2.45) is 0 Å². The van der Waals surface area contributed by atoms with E-state index in [1.54, 1.807) is 0 Å². The first-order valence-corrected chi connectivity index (χ1v) is 6.08. The van der Waals surface area contributed by atoms with Crippen molar-refractivity contribution in [3.63, 3.8) is 0 Å². The van der Waals surface area contributed by atoms with Gasteiger partial charge in [-0.3, -0.25) is 0 Å². The maximum absolute atomic E-state index is 5.67. The van der Waals surface area contributed by atoms with Crippen LogP contribution >= 0.6 is 11.6 Å². The van der Waals surface area contributed by atoms with E-state index in [-0.39, 0.29) is 0 Å². The highest BCUT2D eigenvalue weighted by molar-refractivity contribution is 6.17. The van der Waals surface area contributed by atoms with Crippen molar-refractivity contribution in [2.45, 2.75) is 19.4 Å². The van der Waals surface area contributed by atoms with Crippen molar-refractivity contribution in [3.8, 4) is 11.4 Å². The summed E-state index contributed by atoms with van der Waals surface area (Å²) in [6.07, 6.45) is 6.02. The molecule has 0 N–H and O–H groups in total. The molecular formula is C13H15ClN2. The van der Waals surface area contributed by atoms with Gasteiger partial charge in [0.15, 0.2) is 0 Å². The zero-order valence-corrected chi connectivity index (χ0v) is 9.90. The van der Waals surface area contributed by atoms with E-state index < -0.39 is 0 Å². The third-order valence-electron chi connectivity index (χ3n) is 2.53. The van der Waals surface area contributed by atoms with Crippen LogP contribution in [-0.2, 0) is 6.54 Å². The van der Waals surface area contributed by atoms with Gasteiger partial charge in [0.1, 0.15) is 5.82 Å². The Balaban J connectivity index is 2.13. The van der Waals surface area contributed by atoms with Gasteiger partial charge >= 0.3 is 0 Å². The lowest BCUT2D eigenvalue weighted by Crippen LogP contribution is -1.99. The monoisotopic (exact) mass is 234 g/mol. The van der Waals surface area contributed by atoms with Crippen LogP contribution in [0.1, 0.15) is 12.8 Å². The van der Waals surface area contributed by atoms with Crippen molar-refractivity contribution in [3.05, 3.63) is 42.7 Å². The number of rotatable bonds is 5. The van der Waals surface area contributed by atoms with Gasteiger partial charge in [0.25, 0.3) is 0 Å². The highest BCUT2D eigenvalue weighted by Crippen LogP contribution is 2.17. The zero-order chi connectivity index (χ0) is 11.2.